The first kappa shape index (κ1) is 26.8. The van der Waals surface area contributed by atoms with Crippen LogP contribution in [0, 0.1) is 18.2 Å². The molecule has 0 aliphatic carbocycles. The fourth-order valence-corrected chi connectivity index (χ4v) is 6.08. The molecule has 2 aromatic heterocycles. The lowest BCUT2D eigenvalue weighted by atomic mass is 9.95. The number of terminal acetylenes is 1. The number of nitrogens with zero attached hydrogens (tertiary/aromatic N) is 3. The molecule has 0 saturated carbocycles. The summed E-state index contributed by atoms with van der Waals surface area (Å²) in [6.45, 7) is -1.13. The molecule has 1 aliphatic rings. The van der Waals surface area contributed by atoms with Crippen molar-refractivity contribution >= 4 is 40.3 Å². The number of anilines is 1. The average molecular weight is 548 g/mol. The molecule has 3 heterocycles. The molecule has 0 radical (unpaired) electrons. The Bertz CT molecular complexity index is 1290. The molecule has 3 rings (SSSR count). The van der Waals surface area contributed by atoms with Gasteiger partial charge in [0.1, 0.15) is 24.4 Å². The third-order valence-corrected chi connectivity index (χ3v) is 8.18. The van der Waals surface area contributed by atoms with Gasteiger partial charge in [0.05, 0.1) is 12.0 Å². The molecule has 17 nitrogen and oxygen atoms in total. The normalized spacial score (nSPS) is 28.9. The van der Waals surface area contributed by atoms with Gasteiger partial charge in [-0.3, -0.25) is 9.09 Å². The first-order valence-corrected chi connectivity index (χ1v) is 13.1. The van der Waals surface area contributed by atoms with Crippen LogP contribution < -0.4 is 5.73 Å². The number of fused-ring (bicyclic) bond motifs is 1. The van der Waals surface area contributed by atoms with Crippen LogP contribution in [0.1, 0.15) is 6.23 Å². The molecule has 0 amide bonds. The molecule has 21 heteroatoms. The summed E-state index contributed by atoms with van der Waals surface area (Å²) in [6.07, 6.45) is 1.56. The summed E-state index contributed by atoms with van der Waals surface area (Å²) in [7, 11) is -17.0. The van der Waals surface area contributed by atoms with E-state index in [9.17, 15) is 33.2 Å². The molecule has 0 spiro atoms. The summed E-state index contributed by atoms with van der Waals surface area (Å²) in [5.74, 6) is 0.687. The number of aromatic nitrogens is 3. The van der Waals surface area contributed by atoms with Gasteiger partial charge < -0.3 is 40.3 Å². The molecule has 8 N–H and O–H groups in total. The Morgan fingerprint density at radius 3 is 2.47 bits per heavy atom. The Balaban J connectivity index is 1.83. The molecule has 2 unspecified atom stereocenters. The number of rotatable bonds is 8. The van der Waals surface area contributed by atoms with Crippen LogP contribution in [0.4, 0.5) is 10.2 Å². The summed E-state index contributed by atoms with van der Waals surface area (Å²) < 4.78 is 66.1. The number of nitrogen functional groups attached to an aromatic ring is 1. The molecule has 6 atom stereocenters. The maximum absolute atomic E-state index is 14.4. The second-order valence-corrected chi connectivity index (χ2v) is 11.1. The maximum atomic E-state index is 14.4. The zero-order valence-electron chi connectivity index (χ0n) is 16.4. The van der Waals surface area contributed by atoms with Gasteiger partial charge in [0.25, 0.3) is 0 Å². The number of hydrogen-bond donors (Lipinski definition) is 7. The second-order valence-electron chi connectivity index (χ2n) is 6.67. The van der Waals surface area contributed by atoms with Crippen molar-refractivity contribution in [2.24, 2.45) is 0 Å². The van der Waals surface area contributed by atoms with Crippen molar-refractivity contribution < 1.29 is 65.8 Å². The predicted molar refractivity (Wildman–Crippen MR) is 105 cm³/mol. The van der Waals surface area contributed by atoms with Gasteiger partial charge in [-0.2, -0.15) is 8.62 Å². The minimum atomic E-state index is -5.79. The topological polar surface area (TPSA) is 266 Å². The highest BCUT2D eigenvalue weighted by Crippen LogP contribution is 2.66. The van der Waals surface area contributed by atoms with Crippen LogP contribution in [0.5, 0.6) is 0 Å². The van der Waals surface area contributed by atoms with Crippen LogP contribution in [-0.4, -0.2) is 68.7 Å². The third-order valence-electron chi connectivity index (χ3n) is 4.38. The lowest BCUT2D eigenvalue weighted by molar-refractivity contribution is -0.0717. The van der Waals surface area contributed by atoms with Crippen molar-refractivity contribution in [3.63, 3.8) is 0 Å². The van der Waals surface area contributed by atoms with E-state index in [0.717, 1.165) is 17.1 Å². The summed E-state index contributed by atoms with van der Waals surface area (Å²) in [6, 6.07) is 0. The van der Waals surface area contributed by atoms with Gasteiger partial charge in [0.2, 0.25) is 0 Å². The monoisotopic (exact) mass is 548 g/mol. The summed E-state index contributed by atoms with van der Waals surface area (Å²) in [5, 5.41) is 21.0. The van der Waals surface area contributed by atoms with Crippen molar-refractivity contribution in [3.8, 4) is 12.3 Å². The van der Waals surface area contributed by atoms with Crippen molar-refractivity contribution in [1.29, 1.82) is 0 Å². The van der Waals surface area contributed by atoms with Gasteiger partial charge in [-0.15, -0.1) is 6.42 Å². The lowest BCUT2D eigenvalue weighted by Gasteiger charge is -2.26. The fourth-order valence-electron chi connectivity index (χ4n) is 3.05. The predicted octanol–water partition coefficient (Wildman–Crippen LogP) is -0.882. The van der Waals surface area contributed by atoms with Crippen LogP contribution in [0.15, 0.2) is 12.5 Å². The first-order chi connectivity index (χ1) is 15.5. The number of phosphoric acid groups is 3. The highest BCUT2D eigenvalue weighted by atomic mass is 31.3. The van der Waals surface area contributed by atoms with E-state index in [1.54, 1.807) is 0 Å². The highest BCUT2D eigenvalue weighted by molar-refractivity contribution is 7.66. The Hall–Kier alpha value is -1.80. The van der Waals surface area contributed by atoms with Gasteiger partial charge in [-0.1, -0.05) is 5.92 Å². The standard InChI is InChI=1S/C13H16FN4O13P3/c1-2-13(20)9(19)7(4-28-33(24,25)31-34(26,27)30-32(21,22)23)29-12(13)18-3-6(14)8-10(15)16-5-17-11(8)18/h1,3,5,7,9,12,19-20H,4H2,(H,24,25)(H,26,27)(H2,15,16,17)(H2,21,22,23)/t7-,9-,12-,13-/m1/s1. The lowest BCUT2D eigenvalue weighted by Crippen LogP contribution is -2.45. The molecule has 0 aromatic carbocycles. The summed E-state index contributed by atoms with van der Waals surface area (Å²) in [4.78, 5) is 43.2. The minimum absolute atomic E-state index is 0.190. The van der Waals surface area contributed by atoms with E-state index in [4.69, 9.17) is 31.6 Å². The van der Waals surface area contributed by atoms with Gasteiger partial charge in [0, 0.05) is 6.20 Å². The molecule has 1 aliphatic heterocycles. The molecule has 1 saturated heterocycles. The van der Waals surface area contributed by atoms with E-state index in [1.807, 2.05) is 5.92 Å². The third kappa shape index (κ3) is 5.38. The quantitative estimate of drug-likeness (QED) is 0.156. The van der Waals surface area contributed by atoms with E-state index in [-0.39, 0.29) is 16.9 Å². The Kier molecular flexibility index (Phi) is 7.10. The number of halogens is 1. The van der Waals surface area contributed by atoms with Crippen LogP contribution in [0.3, 0.4) is 0 Å². The zero-order valence-corrected chi connectivity index (χ0v) is 19.0. The minimum Gasteiger partial charge on any atom is -0.386 e. The summed E-state index contributed by atoms with van der Waals surface area (Å²) >= 11 is 0. The van der Waals surface area contributed by atoms with Crippen molar-refractivity contribution in [3.05, 3.63) is 18.3 Å². The van der Waals surface area contributed by atoms with E-state index in [2.05, 4.69) is 23.1 Å². The number of aliphatic hydroxyl groups excluding tert-OH is 1. The SMILES string of the molecule is C#C[C@@]1(O)[C@H](O)[C@@H](COP(=O)(O)OP(=O)(O)OP(=O)(O)O)O[C@H]1n1cc(F)c2c(N)ncnc21. The van der Waals surface area contributed by atoms with E-state index >= 15 is 0 Å². The van der Waals surface area contributed by atoms with Crippen molar-refractivity contribution in [2.75, 3.05) is 12.3 Å². The largest absolute Gasteiger partial charge is 0.490 e. The van der Waals surface area contributed by atoms with E-state index < -0.39 is 59.9 Å². The summed E-state index contributed by atoms with van der Waals surface area (Å²) in [5.41, 5.74) is 2.84. The molecular formula is C13H16FN4O13P3. The first-order valence-electron chi connectivity index (χ1n) is 8.58. The Morgan fingerprint density at radius 2 is 1.88 bits per heavy atom. The van der Waals surface area contributed by atoms with Crippen LogP contribution >= 0.6 is 23.5 Å². The zero-order chi connectivity index (χ0) is 25.7. The van der Waals surface area contributed by atoms with Gasteiger partial charge in [-0.25, -0.2) is 28.1 Å². The molecule has 188 valence electrons. The fraction of sp³-hybridized carbons (Fsp3) is 0.385. The molecule has 0 bridgehead atoms. The van der Waals surface area contributed by atoms with Gasteiger partial charge in [0.15, 0.2) is 23.3 Å². The van der Waals surface area contributed by atoms with Gasteiger partial charge >= 0.3 is 23.5 Å². The number of ether oxygens (including phenoxy) is 1. The molecular weight excluding hydrogens is 532 g/mol. The van der Waals surface area contributed by atoms with Crippen molar-refractivity contribution in [1.82, 2.24) is 14.5 Å². The highest BCUT2D eigenvalue weighted by Gasteiger charge is 2.56. The molecule has 1 fully saturated rings. The number of nitrogens with two attached hydrogens (primary N) is 1. The van der Waals surface area contributed by atoms with Crippen LogP contribution in [-0.2, 0) is 31.6 Å². The number of aliphatic hydroxyl groups is 2. The number of phosphoric ester groups is 1. The average Bonchev–Trinajstić information content (AvgIpc) is 3.13. The van der Waals surface area contributed by atoms with E-state index in [1.165, 1.54) is 0 Å². The van der Waals surface area contributed by atoms with Gasteiger partial charge in [-0.05, 0) is 0 Å². The molecule has 34 heavy (non-hydrogen) atoms. The van der Waals surface area contributed by atoms with Crippen molar-refractivity contribution in [2.45, 2.75) is 24.0 Å². The van der Waals surface area contributed by atoms with E-state index in [0.29, 0.717) is 0 Å². The van der Waals surface area contributed by atoms with Crippen LogP contribution in [0.2, 0.25) is 0 Å². The van der Waals surface area contributed by atoms with Crippen LogP contribution in [0.25, 0.3) is 11.0 Å². The Labute approximate surface area is 188 Å². The molecule has 2 aromatic rings. The smallest absolute Gasteiger partial charge is 0.386 e. The maximum Gasteiger partial charge on any atom is 0.490 e. The Morgan fingerprint density at radius 1 is 1.24 bits per heavy atom. The second kappa shape index (κ2) is 9.01. The number of hydrogen-bond acceptors (Lipinski definition) is 12.